The molecule has 4 aromatic carbocycles. The number of carbonyl (C=O) groups excluding carboxylic acids is 3. The molecule has 0 radical (unpaired) electrons. The maximum absolute atomic E-state index is 13.4. The summed E-state index contributed by atoms with van der Waals surface area (Å²) in [6.45, 7) is 5.95. The summed E-state index contributed by atoms with van der Waals surface area (Å²) in [5.41, 5.74) is 4.49. The highest BCUT2D eigenvalue weighted by Gasteiger charge is 2.20. The smallest absolute Gasteiger partial charge is 0.272 e. The lowest BCUT2D eigenvalue weighted by Crippen LogP contribution is -2.30. The molecule has 0 heterocycles. The summed E-state index contributed by atoms with van der Waals surface area (Å²) in [6, 6.07) is 28.9. The van der Waals surface area contributed by atoms with Crippen LogP contribution in [0.2, 0.25) is 5.02 Å². The molecule has 8 heteroatoms. The Balaban J connectivity index is 1.51. The van der Waals surface area contributed by atoms with Crippen molar-refractivity contribution < 1.29 is 14.4 Å². The largest absolute Gasteiger partial charge is 0.325 e. The van der Waals surface area contributed by atoms with Gasteiger partial charge in [0.15, 0.2) is 0 Å². The molecule has 0 aliphatic rings. The molecule has 1 unspecified atom stereocenters. The van der Waals surface area contributed by atoms with Gasteiger partial charge in [0.05, 0.1) is 5.25 Å². The summed E-state index contributed by atoms with van der Waals surface area (Å²) in [4.78, 5) is 40.3. The molecule has 0 saturated carbocycles. The SMILES string of the molecule is CCC(Sc1cccc(NC(=O)/C(=C\c2ccccc2Cl)NC(=O)c2ccccc2)c1)C(=O)Nc1ccc(C)cc1C. The fourth-order valence-corrected chi connectivity index (χ4v) is 5.39. The average molecular weight is 598 g/mol. The first kappa shape index (κ1) is 30.6. The van der Waals surface area contributed by atoms with Gasteiger partial charge in [-0.1, -0.05) is 78.7 Å². The Kier molecular flexibility index (Phi) is 10.6. The number of hydrogen-bond donors (Lipinski definition) is 3. The van der Waals surface area contributed by atoms with Crippen LogP contribution in [0.3, 0.4) is 0 Å². The zero-order chi connectivity index (χ0) is 30.1. The van der Waals surface area contributed by atoms with Crippen LogP contribution in [0.25, 0.3) is 6.08 Å². The second kappa shape index (κ2) is 14.5. The van der Waals surface area contributed by atoms with Gasteiger partial charge >= 0.3 is 0 Å². The van der Waals surface area contributed by atoms with Gasteiger partial charge in [-0.15, -0.1) is 11.8 Å². The molecule has 6 nitrogen and oxygen atoms in total. The maximum Gasteiger partial charge on any atom is 0.272 e. The zero-order valence-corrected chi connectivity index (χ0v) is 25.2. The van der Waals surface area contributed by atoms with Gasteiger partial charge in [0.1, 0.15) is 5.70 Å². The summed E-state index contributed by atoms with van der Waals surface area (Å²) < 4.78 is 0. The second-order valence-corrected chi connectivity index (χ2v) is 11.4. The van der Waals surface area contributed by atoms with Crippen molar-refractivity contribution in [2.75, 3.05) is 10.6 Å². The number of rotatable bonds is 10. The molecular formula is C34H32ClN3O3S. The zero-order valence-electron chi connectivity index (χ0n) is 23.6. The standard InChI is InChI=1S/C34H32ClN3O3S/c1-4-31(34(41)37-29-18-17-22(2)19-23(29)3)42-27-15-10-14-26(21-27)36-33(40)30(20-25-13-8-9-16-28(25)35)38-32(39)24-11-6-5-7-12-24/h5-21,31H,4H2,1-3H3,(H,36,40)(H,37,41)(H,38,39)/b30-20+. The first-order valence-corrected chi connectivity index (χ1v) is 14.8. The number of aryl methyl sites for hydroxylation is 2. The number of amides is 3. The van der Waals surface area contributed by atoms with Gasteiger partial charge in [0.2, 0.25) is 5.91 Å². The summed E-state index contributed by atoms with van der Waals surface area (Å²) in [5.74, 6) is -1.02. The number of hydrogen-bond acceptors (Lipinski definition) is 4. The van der Waals surface area contributed by atoms with Crippen LogP contribution in [0.15, 0.2) is 108 Å². The number of anilines is 2. The molecule has 0 aliphatic carbocycles. The van der Waals surface area contributed by atoms with Crippen molar-refractivity contribution in [3.8, 4) is 0 Å². The third-order valence-electron chi connectivity index (χ3n) is 6.41. The molecule has 0 aliphatic heterocycles. The maximum atomic E-state index is 13.4. The monoisotopic (exact) mass is 597 g/mol. The Labute approximate surface area is 255 Å². The van der Waals surface area contributed by atoms with E-state index in [0.717, 1.165) is 21.7 Å². The van der Waals surface area contributed by atoms with Gasteiger partial charge in [-0.05, 0) is 79.9 Å². The molecule has 1 atom stereocenters. The normalized spacial score (nSPS) is 11.9. The van der Waals surface area contributed by atoms with Crippen LogP contribution >= 0.6 is 23.4 Å². The fourth-order valence-electron chi connectivity index (χ4n) is 4.19. The van der Waals surface area contributed by atoms with Crippen LogP contribution in [0.1, 0.15) is 40.4 Å². The summed E-state index contributed by atoms with van der Waals surface area (Å²) in [6.07, 6.45) is 2.16. The van der Waals surface area contributed by atoms with Crippen molar-refractivity contribution in [2.24, 2.45) is 0 Å². The van der Waals surface area contributed by atoms with Gasteiger partial charge in [-0.2, -0.15) is 0 Å². The Bertz CT molecular complexity index is 1620. The molecule has 214 valence electrons. The van der Waals surface area contributed by atoms with E-state index in [4.69, 9.17) is 11.6 Å². The van der Waals surface area contributed by atoms with E-state index in [9.17, 15) is 14.4 Å². The number of thioether (sulfide) groups is 1. The van der Waals surface area contributed by atoms with Crippen LogP contribution in [0.5, 0.6) is 0 Å². The van der Waals surface area contributed by atoms with Crippen molar-refractivity contribution in [3.05, 3.63) is 130 Å². The predicted molar refractivity (Wildman–Crippen MR) is 173 cm³/mol. The van der Waals surface area contributed by atoms with Crippen LogP contribution in [-0.2, 0) is 9.59 Å². The van der Waals surface area contributed by atoms with Gasteiger partial charge in [-0.3, -0.25) is 14.4 Å². The summed E-state index contributed by atoms with van der Waals surface area (Å²) in [7, 11) is 0. The third kappa shape index (κ3) is 8.35. The molecule has 0 saturated heterocycles. The molecule has 0 fully saturated rings. The van der Waals surface area contributed by atoms with E-state index in [-0.39, 0.29) is 16.9 Å². The fraction of sp³-hybridized carbons (Fsp3) is 0.147. The molecule has 3 amide bonds. The van der Waals surface area contributed by atoms with Crippen LogP contribution in [-0.4, -0.2) is 23.0 Å². The lowest BCUT2D eigenvalue weighted by atomic mass is 10.1. The quantitative estimate of drug-likeness (QED) is 0.128. The summed E-state index contributed by atoms with van der Waals surface area (Å²) in [5, 5.41) is 8.75. The first-order valence-electron chi connectivity index (χ1n) is 13.5. The second-order valence-electron chi connectivity index (χ2n) is 9.70. The number of carbonyl (C=O) groups is 3. The molecule has 0 spiro atoms. The highest BCUT2D eigenvalue weighted by Crippen LogP contribution is 2.29. The van der Waals surface area contributed by atoms with Crippen molar-refractivity contribution in [2.45, 2.75) is 37.3 Å². The Hall–Kier alpha value is -4.33. The molecule has 4 aromatic rings. The van der Waals surface area contributed by atoms with Crippen LogP contribution in [0.4, 0.5) is 11.4 Å². The van der Waals surface area contributed by atoms with Crippen LogP contribution < -0.4 is 16.0 Å². The lowest BCUT2D eigenvalue weighted by Gasteiger charge is -2.17. The van der Waals surface area contributed by atoms with E-state index in [0.29, 0.717) is 28.3 Å². The topological polar surface area (TPSA) is 87.3 Å². The van der Waals surface area contributed by atoms with Gasteiger partial charge < -0.3 is 16.0 Å². The number of halogens is 1. The van der Waals surface area contributed by atoms with Gasteiger partial charge in [0.25, 0.3) is 11.8 Å². The highest BCUT2D eigenvalue weighted by molar-refractivity contribution is 8.00. The Morgan fingerprint density at radius 2 is 1.60 bits per heavy atom. The van der Waals surface area contributed by atoms with Crippen molar-refractivity contribution >= 4 is 58.5 Å². The predicted octanol–water partition coefficient (Wildman–Crippen LogP) is 7.88. The highest BCUT2D eigenvalue weighted by atomic mass is 35.5. The third-order valence-corrected chi connectivity index (χ3v) is 8.11. The van der Waals surface area contributed by atoms with E-state index in [1.54, 1.807) is 60.7 Å². The average Bonchev–Trinajstić information content (AvgIpc) is 2.98. The molecule has 4 rings (SSSR count). The summed E-state index contributed by atoms with van der Waals surface area (Å²) >= 11 is 7.76. The number of benzene rings is 4. The van der Waals surface area contributed by atoms with Gasteiger partial charge in [-0.25, -0.2) is 0 Å². The van der Waals surface area contributed by atoms with Crippen molar-refractivity contribution in [1.29, 1.82) is 0 Å². The van der Waals surface area contributed by atoms with Crippen molar-refractivity contribution in [3.63, 3.8) is 0 Å². The van der Waals surface area contributed by atoms with Crippen molar-refractivity contribution in [1.82, 2.24) is 5.32 Å². The molecule has 42 heavy (non-hydrogen) atoms. The Morgan fingerprint density at radius 3 is 2.31 bits per heavy atom. The molecule has 0 aromatic heterocycles. The first-order chi connectivity index (χ1) is 20.2. The van der Waals surface area contributed by atoms with E-state index < -0.39 is 11.8 Å². The minimum Gasteiger partial charge on any atom is -0.325 e. The molecule has 0 bridgehead atoms. The molecule has 3 N–H and O–H groups in total. The Morgan fingerprint density at radius 1 is 0.857 bits per heavy atom. The van der Waals surface area contributed by atoms with Crippen LogP contribution in [0, 0.1) is 13.8 Å². The van der Waals surface area contributed by atoms with E-state index in [1.165, 1.54) is 11.8 Å². The van der Waals surface area contributed by atoms with Gasteiger partial charge in [0, 0.05) is 26.9 Å². The minimum atomic E-state index is -0.513. The number of nitrogens with one attached hydrogen (secondary N) is 3. The van der Waals surface area contributed by atoms with E-state index >= 15 is 0 Å². The molecular weight excluding hydrogens is 566 g/mol. The minimum absolute atomic E-state index is 0.0364. The lowest BCUT2D eigenvalue weighted by molar-refractivity contribution is -0.116. The van der Waals surface area contributed by atoms with E-state index in [2.05, 4.69) is 16.0 Å². The van der Waals surface area contributed by atoms with E-state index in [1.807, 2.05) is 63.2 Å².